The summed E-state index contributed by atoms with van der Waals surface area (Å²) in [4.78, 5) is 0. The van der Waals surface area contributed by atoms with Crippen LogP contribution in [0, 0.1) is 5.92 Å². The second-order valence-corrected chi connectivity index (χ2v) is 7.56. The maximum atomic E-state index is 2.51. The van der Waals surface area contributed by atoms with Crippen molar-refractivity contribution in [2.45, 2.75) is 52.2 Å². The molecule has 0 amide bonds. The zero-order chi connectivity index (χ0) is 8.15. The normalized spacial score (nSPS) is 17.4. The first-order valence-corrected chi connectivity index (χ1v) is 7.21. The smallest absolute Gasteiger partial charge is 0.0367 e. The van der Waals surface area contributed by atoms with Gasteiger partial charge in [0.05, 0.1) is 0 Å². The molecule has 0 heterocycles. The van der Waals surface area contributed by atoms with Crippen LogP contribution in [0.5, 0.6) is 0 Å². The summed E-state index contributed by atoms with van der Waals surface area (Å²) in [6.07, 6.45) is 1.39. The van der Waals surface area contributed by atoms with Crippen LogP contribution in [-0.2, 0) is 0 Å². The molecule has 10 heavy (non-hydrogen) atoms. The Morgan fingerprint density at radius 1 is 1.20 bits per heavy atom. The minimum absolute atomic E-state index is 0.354. The predicted molar refractivity (Wildman–Crippen MR) is 52.4 cm³/mol. The van der Waals surface area contributed by atoms with E-state index in [1.165, 1.54) is 12.5 Å². The quantitative estimate of drug-likeness (QED) is 0.551. The van der Waals surface area contributed by atoms with Crippen LogP contribution in [0.25, 0.3) is 0 Å². The molecule has 0 aliphatic carbocycles. The molecule has 0 aliphatic heterocycles. The molecule has 0 saturated heterocycles. The van der Waals surface area contributed by atoms with Crippen LogP contribution in [0.4, 0.5) is 0 Å². The number of hydrogen-bond donors (Lipinski definition) is 0. The zero-order valence-corrected chi connectivity index (χ0v) is 9.30. The van der Waals surface area contributed by atoms with Crippen molar-refractivity contribution in [1.29, 1.82) is 0 Å². The lowest BCUT2D eigenvalue weighted by molar-refractivity contribution is 0.710. The second-order valence-electron chi connectivity index (χ2n) is 3.99. The fraction of sp³-hybridized carbons (Fsp3) is 1.00. The fourth-order valence-corrected chi connectivity index (χ4v) is 4.13. The van der Waals surface area contributed by atoms with Crippen LogP contribution in [0.1, 0.15) is 34.1 Å². The summed E-state index contributed by atoms with van der Waals surface area (Å²) >= 11 is 0. The Hall–Kier alpha value is 0.217. The van der Waals surface area contributed by atoms with Crippen molar-refractivity contribution in [1.82, 2.24) is 0 Å². The van der Waals surface area contributed by atoms with Crippen molar-refractivity contribution in [2.24, 2.45) is 5.92 Å². The molecule has 0 fully saturated rings. The van der Waals surface area contributed by atoms with Gasteiger partial charge in [0.25, 0.3) is 0 Å². The van der Waals surface area contributed by atoms with Crippen LogP contribution >= 0.6 is 0 Å². The first-order chi connectivity index (χ1) is 4.57. The molecule has 1 heteroatoms. The van der Waals surface area contributed by atoms with Crippen molar-refractivity contribution in [3.63, 3.8) is 0 Å². The molecule has 0 nitrogen and oxygen atoms in total. The molecule has 0 N–H and O–H groups in total. The van der Waals surface area contributed by atoms with E-state index in [2.05, 4.69) is 34.2 Å². The summed E-state index contributed by atoms with van der Waals surface area (Å²) < 4.78 is 0. The Labute approximate surface area is 67.6 Å². The molecule has 0 bridgehead atoms. The van der Waals surface area contributed by atoms with E-state index in [-0.39, 0.29) is 8.80 Å². The average Bonchev–Trinajstić information content (AvgIpc) is 1.85. The third-order valence-corrected chi connectivity index (χ3v) is 6.56. The van der Waals surface area contributed by atoms with Gasteiger partial charge in [-0.3, -0.25) is 0 Å². The van der Waals surface area contributed by atoms with E-state index in [1.807, 2.05) is 0 Å². The van der Waals surface area contributed by atoms with E-state index in [1.54, 1.807) is 0 Å². The van der Waals surface area contributed by atoms with E-state index in [9.17, 15) is 0 Å². The third-order valence-electron chi connectivity index (χ3n) is 2.46. The highest BCUT2D eigenvalue weighted by atomic mass is 28.3. The summed E-state index contributed by atoms with van der Waals surface area (Å²) in [7, 11) is -0.354. The number of rotatable bonds is 4. The highest BCUT2D eigenvalue weighted by Gasteiger charge is 2.12. The van der Waals surface area contributed by atoms with E-state index in [4.69, 9.17) is 0 Å². The van der Waals surface area contributed by atoms with Gasteiger partial charge >= 0.3 is 0 Å². The monoisotopic (exact) mass is 158 g/mol. The average molecular weight is 158 g/mol. The predicted octanol–water partition coefficient (Wildman–Crippen LogP) is 3.30. The molecule has 0 saturated carbocycles. The summed E-state index contributed by atoms with van der Waals surface area (Å²) in [5.41, 5.74) is 1.04. The summed E-state index contributed by atoms with van der Waals surface area (Å²) in [6.45, 7) is 11.9. The van der Waals surface area contributed by atoms with Crippen LogP contribution in [0.2, 0.25) is 18.1 Å². The molecular weight excluding hydrogens is 136 g/mol. The van der Waals surface area contributed by atoms with E-state index < -0.39 is 0 Å². The molecule has 0 spiro atoms. The Morgan fingerprint density at radius 3 is 2.00 bits per heavy atom. The Morgan fingerprint density at radius 2 is 1.70 bits per heavy atom. The van der Waals surface area contributed by atoms with Crippen molar-refractivity contribution in [2.75, 3.05) is 0 Å². The molecule has 2 atom stereocenters. The Bertz CT molecular complexity index is 78.8. The van der Waals surface area contributed by atoms with E-state index >= 15 is 0 Å². The van der Waals surface area contributed by atoms with Crippen LogP contribution in [0.15, 0.2) is 0 Å². The van der Waals surface area contributed by atoms with Gasteiger partial charge in [-0.25, -0.2) is 0 Å². The van der Waals surface area contributed by atoms with Crippen LogP contribution in [-0.4, -0.2) is 8.80 Å². The molecular formula is C9H22Si. The SMILES string of the molecule is CCC(C)[SiH](C)CC(C)C. The maximum absolute atomic E-state index is 2.51. The second kappa shape index (κ2) is 4.95. The number of hydrogen-bond acceptors (Lipinski definition) is 0. The van der Waals surface area contributed by atoms with Gasteiger partial charge in [-0.05, 0) is 5.92 Å². The lowest BCUT2D eigenvalue weighted by atomic mass is 10.3. The van der Waals surface area contributed by atoms with Gasteiger partial charge in [0, 0.05) is 8.80 Å². The molecule has 0 aromatic rings. The highest BCUT2D eigenvalue weighted by Crippen LogP contribution is 2.19. The molecule has 0 aromatic heterocycles. The van der Waals surface area contributed by atoms with Gasteiger partial charge in [-0.1, -0.05) is 52.2 Å². The van der Waals surface area contributed by atoms with Gasteiger partial charge in [0.2, 0.25) is 0 Å². The molecule has 0 radical (unpaired) electrons. The minimum Gasteiger partial charge on any atom is -0.0718 e. The summed E-state index contributed by atoms with van der Waals surface area (Å²) in [5.74, 6) is 0.927. The molecule has 0 rings (SSSR count). The first-order valence-electron chi connectivity index (χ1n) is 4.57. The van der Waals surface area contributed by atoms with Gasteiger partial charge < -0.3 is 0 Å². The van der Waals surface area contributed by atoms with Crippen LogP contribution in [0.3, 0.4) is 0 Å². The van der Waals surface area contributed by atoms with Gasteiger partial charge in [-0.2, -0.15) is 0 Å². The molecule has 0 aliphatic rings. The van der Waals surface area contributed by atoms with E-state index in [0.717, 1.165) is 11.5 Å². The highest BCUT2D eigenvalue weighted by molar-refractivity contribution is 6.58. The Kier molecular flexibility index (Phi) is 5.05. The Balaban J connectivity index is 3.50. The van der Waals surface area contributed by atoms with Gasteiger partial charge in [-0.15, -0.1) is 0 Å². The molecule has 2 unspecified atom stereocenters. The lowest BCUT2D eigenvalue weighted by Gasteiger charge is -2.18. The van der Waals surface area contributed by atoms with Crippen LogP contribution < -0.4 is 0 Å². The van der Waals surface area contributed by atoms with Gasteiger partial charge in [0.15, 0.2) is 0 Å². The summed E-state index contributed by atoms with van der Waals surface area (Å²) in [5, 5.41) is 0. The van der Waals surface area contributed by atoms with Gasteiger partial charge in [0.1, 0.15) is 0 Å². The topological polar surface area (TPSA) is 0 Å². The summed E-state index contributed by atoms with van der Waals surface area (Å²) in [6, 6.07) is 1.52. The molecule has 62 valence electrons. The minimum atomic E-state index is -0.354. The van der Waals surface area contributed by atoms with Crippen molar-refractivity contribution >= 4 is 8.80 Å². The fourth-order valence-electron chi connectivity index (χ4n) is 1.38. The van der Waals surface area contributed by atoms with Crippen molar-refractivity contribution in [3.05, 3.63) is 0 Å². The van der Waals surface area contributed by atoms with Crippen molar-refractivity contribution in [3.8, 4) is 0 Å². The lowest BCUT2D eigenvalue weighted by Crippen LogP contribution is -2.15. The standard InChI is InChI=1S/C9H22Si/c1-6-9(4)10(5)7-8(2)3/h8-10H,6-7H2,1-5H3. The first kappa shape index (κ1) is 10.2. The maximum Gasteiger partial charge on any atom is 0.0367 e. The largest absolute Gasteiger partial charge is 0.0718 e. The van der Waals surface area contributed by atoms with E-state index in [0.29, 0.717) is 0 Å². The molecule has 0 aromatic carbocycles. The third kappa shape index (κ3) is 4.10. The zero-order valence-electron chi connectivity index (χ0n) is 8.15. The van der Waals surface area contributed by atoms with Crippen molar-refractivity contribution < 1.29 is 0 Å².